The Balaban J connectivity index is 3.48. The third-order valence-electron chi connectivity index (χ3n) is 1.42. The van der Waals surface area contributed by atoms with E-state index in [1.807, 2.05) is 6.92 Å². The maximum Gasteiger partial charge on any atom is 0.505 e. The molecule has 0 aromatic heterocycles. The smallest absolute Gasteiger partial charge is 0.461 e. The quantitative estimate of drug-likeness (QED) is 0.317. The van der Waals surface area contributed by atoms with E-state index in [2.05, 4.69) is 16.4 Å². The van der Waals surface area contributed by atoms with E-state index < -0.39 is 12.1 Å². The van der Waals surface area contributed by atoms with E-state index in [1.165, 1.54) is 21.6 Å². The fourth-order valence-corrected chi connectivity index (χ4v) is 2.63. The number of esters is 1. The maximum atomic E-state index is 11.1. The highest BCUT2D eigenvalue weighted by molar-refractivity contribution is 8.76. The van der Waals surface area contributed by atoms with Crippen LogP contribution in [0.15, 0.2) is 12.2 Å². The van der Waals surface area contributed by atoms with Crippen molar-refractivity contribution in [3.8, 4) is 0 Å². The zero-order chi connectivity index (χ0) is 14.0. The molecule has 0 spiro atoms. The van der Waals surface area contributed by atoms with Crippen LogP contribution >= 0.6 is 21.6 Å². The van der Waals surface area contributed by atoms with Gasteiger partial charge in [-0.1, -0.05) is 28.2 Å². The monoisotopic (exact) mass is 281 g/mol. The van der Waals surface area contributed by atoms with Gasteiger partial charge in [0.05, 0.1) is 0 Å². The topological polar surface area (TPSA) is 72.8 Å². The van der Waals surface area contributed by atoms with Gasteiger partial charge in [-0.15, -0.1) is 0 Å². The minimum atomic E-state index is -1.01. The first-order valence-corrected chi connectivity index (χ1v) is 7.26. The van der Waals surface area contributed by atoms with Crippen molar-refractivity contribution in [1.29, 1.82) is 1.43 Å². The van der Waals surface area contributed by atoms with Crippen molar-refractivity contribution in [3.63, 3.8) is 0 Å². The van der Waals surface area contributed by atoms with Crippen molar-refractivity contribution in [2.24, 2.45) is 0 Å². The highest BCUT2D eigenvalue weighted by Gasteiger charge is 2.08. The second-order valence-corrected chi connectivity index (χ2v) is 6.13. The predicted octanol–water partition coefficient (Wildman–Crippen LogP) is 2.57. The number of ether oxygens (including phenoxy) is 2. The molecule has 0 aliphatic carbocycles. The molecule has 0 fully saturated rings. The number of hydrogen-bond donors (Lipinski definition) is 1. The molecular weight excluding hydrogens is 264 g/mol. The number of carbonyl (C=O) groups excluding carboxylic acids is 1. The lowest BCUT2D eigenvalue weighted by Crippen LogP contribution is -2.13. The van der Waals surface area contributed by atoms with Crippen LogP contribution in [0.1, 0.15) is 13.8 Å². The Labute approximate surface area is 110 Å². The highest BCUT2D eigenvalue weighted by atomic mass is 33.1. The molecule has 0 heterocycles. The van der Waals surface area contributed by atoms with Gasteiger partial charge in [0.1, 0.15) is 13.2 Å². The Kier molecular flexibility index (Phi) is 7.74. The minimum absolute atomic E-state index is 0.126. The molecule has 0 aliphatic rings. The van der Waals surface area contributed by atoms with E-state index in [1.54, 1.807) is 6.92 Å². The largest absolute Gasteiger partial charge is 0.505 e. The summed E-state index contributed by atoms with van der Waals surface area (Å²) in [6.07, 6.45) is -1.01. The van der Waals surface area contributed by atoms with Crippen LogP contribution in [0.25, 0.3) is 1.43 Å². The van der Waals surface area contributed by atoms with E-state index in [0.717, 1.165) is 0 Å². The second-order valence-electron chi connectivity index (χ2n) is 3.21. The molecule has 0 aromatic rings. The predicted molar refractivity (Wildman–Crippen MR) is 69.3 cm³/mol. The average Bonchev–Trinajstić information content (AvgIpc) is 2.34. The third kappa shape index (κ3) is 10.1. The van der Waals surface area contributed by atoms with Gasteiger partial charge in [-0.25, -0.2) is 9.59 Å². The molecule has 0 saturated heterocycles. The molecule has 0 aromatic carbocycles. The lowest BCUT2D eigenvalue weighted by molar-refractivity contribution is -0.138. The van der Waals surface area contributed by atoms with Crippen LogP contribution in [0, 0.1) is 0 Å². The van der Waals surface area contributed by atoms with Crippen LogP contribution in [-0.4, -0.2) is 41.5 Å². The summed E-state index contributed by atoms with van der Waals surface area (Å²) in [6.45, 7) is 7.47. The minimum Gasteiger partial charge on any atom is -0.461 e. The van der Waals surface area contributed by atoms with Gasteiger partial charge in [0, 0.05) is 16.6 Å². The van der Waals surface area contributed by atoms with Gasteiger partial charge in [-0.2, -0.15) is 0 Å². The molecule has 17 heavy (non-hydrogen) atoms. The van der Waals surface area contributed by atoms with Crippen molar-refractivity contribution in [1.82, 2.24) is 0 Å². The summed E-state index contributed by atoms with van der Waals surface area (Å²) < 4.78 is 15.7. The van der Waals surface area contributed by atoms with Crippen molar-refractivity contribution in [2.75, 3.05) is 19.0 Å². The lowest BCUT2D eigenvalue weighted by atomic mass is 10.4. The van der Waals surface area contributed by atoms with Gasteiger partial charge in [-0.3, -0.25) is 0 Å². The maximum absolute atomic E-state index is 11.1. The molecule has 98 valence electrons. The molecule has 5 nitrogen and oxygen atoms in total. The SMILES string of the molecule is [2H]OC(=O)OCCSSC(C)COC(=O)C(=C)C. The molecule has 0 bridgehead atoms. The number of carboxylic acid groups (broad SMARTS) is 1. The van der Waals surface area contributed by atoms with Crippen LogP contribution in [0.4, 0.5) is 4.79 Å². The molecule has 1 N–H and O–H groups in total. The van der Waals surface area contributed by atoms with Gasteiger partial charge in [0.25, 0.3) is 0 Å². The fraction of sp³-hybridized carbons (Fsp3) is 0.600. The molecule has 0 radical (unpaired) electrons. The van der Waals surface area contributed by atoms with E-state index in [0.29, 0.717) is 17.9 Å². The van der Waals surface area contributed by atoms with Crippen molar-refractivity contribution in [2.45, 2.75) is 19.1 Å². The van der Waals surface area contributed by atoms with Gasteiger partial charge < -0.3 is 14.6 Å². The summed E-state index contributed by atoms with van der Waals surface area (Å²) in [5.41, 5.74) is 0.377. The van der Waals surface area contributed by atoms with Gasteiger partial charge in [0.15, 0.2) is 0 Å². The molecule has 0 amide bonds. The Morgan fingerprint density at radius 2 is 2.24 bits per heavy atom. The van der Waals surface area contributed by atoms with Crippen LogP contribution in [0.2, 0.25) is 0 Å². The lowest BCUT2D eigenvalue weighted by Gasteiger charge is -2.10. The molecule has 7 heteroatoms. The normalized spacial score (nSPS) is 12.2. The van der Waals surface area contributed by atoms with E-state index in [4.69, 9.17) is 6.17 Å². The Morgan fingerprint density at radius 1 is 1.53 bits per heavy atom. The molecular formula is C10H16O5S2. The van der Waals surface area contributed by atoms with E-state index >= 15 is 0 Å². The number of carbonyl (C=O) groups is 2. The molecule has 1 unspecified atom stereocenters. The van der Waals surface area contributed by atoms with Crippen molar-refractivity contribution in [3.05, 3.63) is 12.2 Å². The number of rotatable bonds is 8. The van der Waals surface area contributed by atoms with Crippen LogP contribution < -0.4 is 0 Å². The summed E-state index contributed by atoms with van der Waals surface area (Å²) in [6, 6.07) is 0. The Morgan fingerprint density at radius 3 is 2.82 bits per heavy atom. The van der Waals surface area contributed by atoms with E-state index in [-0.39, 0.29) is 11.9 Å². The zero-order valence-electron chi connectivity index (χ0n) is 10.8. The first kappa shape index (κ1) is 14.2. The van der Waals surface area contributed by atoms with Crippen LogP contribution in [-0.2, 0) is 14.3 Å². The first-order chi connectivity index (χ1) is 8.47. The zero-order valence-corrected chi connectivity index (χ0v) is 11.4. The average molecular weight is 281 g/mol. The summed E-state index contributed by atoms with van der Waals surface area (Å²) >= 11 is 0. The van der Waals surface area contributed by atoms with Crippen molar-refractivity contribution < 1.29 is 24.2 Å². The standard InChI is InChI=1S/C10H16O5S2/c1-7(2)9(11)15-6-8(3)17-16-5-4-14-10(12)13/h8H,1,4-6H2,2-3H3,(H,12,13)/i/hD. The van der Waals surface area contributed by atoms with Crippen molar-refractivity contribution >= 4 is 33.7 Å². The Bertz CT molecular complexity index is 298. The second kappa shape index (κ2) is 9.23. The molecule has 0 rings (SSSR count). The summed E-state index contributed by atoms with van der Waals surface area (Å²) in [4.78, 5) is 21.5. The van der Waals surface area contributed by atoms with E-state index in [9.17, 15) is 9.59 Å². The fourth-order valence-electron chi connectivity index (χ4n) is 0.667. The molecule has 0 saturated carbocycles. The summed E-state index contributed by atoms with van der Waals surface area (Å²) in [7, 11) is 3.00. The highest BCUT2D eigenvalue weighted by Crippen LogP contribution is 2.26. The van der Waals surface area contributed by atoms with Crippen LogP contribution in [0.3, 0.4) is 0 Å². The van der Waals surface area contributed by atoms with Gasteiger partial charge in [-0.05, 0) is 13.8 Å². The number of hydrogen-bond acceptors (Lipinski definition) is 7. The Hall–Kier alpha value is -0.820. The van der Waals surface area contributed by atoms with Gasteiger partial charge >= 0.3 is 13.6 Å². The summed E-state index contributed by atoms with van der Waals surface area (Å²) in [5, 5.41) is 3.70. The molecule has 0 aliphatic heterocycles. The summed E-state index contributed by atoms with van der Waals surface area (Å²) in [5.74, 6) is 0.174. The molecule has 1 atom stereocenters. The van der Waals surface area contributed by atoms with Crippen LogP contribution in [0.5, 0.6) is 0 Å². The first-order valence-electron chi connectivity index (χ1n) is 5.29. The third-order valence-corrected chi connectivity index (χ3v) is 4.24. The van der Waals surface area contributed by atoms with Gasteiger partial charge in [0.2, 0.25) is 0 Å².